The lowest BCUT2D eigenvalue weighted by Gasteiger charge is -2.07. The van der Waals surface area contributed by atoms with E-state index in [9.17, 15) is 4.79 Å². The third kappa shape index (κ3) is 4.29. The minimum atomic E-state index is 0.0477. The van der Waals surface area contributed by atoms with Crippen LogP contribution in [0, 0.1) is 0 Å². The predicted molar refractivity (Wildman–Crippen MR) is 83.7 cm³/mol. The highest BCUT2D eigenvalue weighted by Crippen LogP contribution is 2.15. The Bertz CT molecular complexity index is 527. The van der Waals surface area contributed by atoms with Crippen LogP contribution in [-0.2, 0) is 11.2 Å². The van der Waals surface area contributed by atoms with Gasteiger partial charge in [0.25, 0.3) is 0 Å². The molecule has 0 aliphatic carbocycles. The lowest BCUT2D eigenvalue weighted by atomic mass is 10.0. The SMILES string of the molecule is CC(C)c1ccc(C(=O)COCCc2cccs2)cc1. The average molecular weight is 288 g/mol. The maximum Gasteiger partial charge on any atom is 0.188 e. The molecule has 2 rings (SSSR count). The maximum atomic E-state index is 12.0. The van der Waals surface area contributed by atoms with Gasteiger partial charge in [0.2, 0.25) is 0 Å². The third-order valence-corrected chi connectivity index (χ3v) is 4.14. The van der Waals surface area contributed by atoms with Crippen molar-refractivity contribution in [2.45, 2.75) is 26.2 Å². The van der Waals surface area contributed by atoms with Crippen molar-refractivity contribution < 1.29 is 9.53 Å². The molecule has 0 N–H and O–H groups in total. The Morgan fingerprint density at radius 2 is 1.95 bits per heavy atom. The molecule has 20 heavy (non-hydrogen) atoms. The fourth-order valence-corrected chi connectivity index (χ4v) is 2.62. The summed E-state index contributed by atoms with van der Waals surface area (Å²) in [6, 6.07) is 11.9. The molecule has 0 unspecified atom stereocenters. The van der Waals surface area contributed by atoms with Crippen molar-refractivity contribution in [1.82, 2.24) is 0 Å². The summed E-state index contributed by atoms with van der Waals surface area (Å²) in [5.74, 6) is 0.535. The minimum Gasteiger partial charge on any atom is -0.373 e. The molecule has 2 nitrogen and oxygen atoms in total. The van der Waals surface area contributed by atoms with Gasteiger partial charge >= 0.3 is 0 Å². The van der Waals surface area contributed by atoms with Crippen LogP contribution >= 0.6 is 11.3 Å². The van der Waals surface area contributed by atoms with Gasteiger partial charge in [-0.3, -0.25) is 4.79 Å². The lowest BCUT2D eigenvalue weighted by molar-refractivity contribution is 0.0766. The second-order valence-corrected chi connectivity index (χ2v) is 6.11. The molecule has 2 aromatic rings. The van der Waals surface area contributed by atoms with Gasteiger partial charge in [-0.05, 0) is 22.9 Å². The number of Topliss-reactive ketones (excluding diaryl/α,β-unsaturated/α-hetero) is 1. The molecule has 0 saturated heterocycles. The van der Waals surface area contributed by atoms with Gasteiger partial charge in [0.15, 0.2) is 5.78 Å². The summed E-state index contributed by atoms with van der Waals surface area (Å²) in [4.78, 5) is 13.3. The van der Waals surface area contributed by atoms with Crippen LogP contribution in [0.3, 0.4) is 0 Å². The molecule has 3 heteroatoms. The smallest absolute Gasteiger partial charge is 0.188 e. The molecule has 0 aliphatic heterocycles. The van der Waals surface area contributed by atoms with Crippen LogP contribution in [0.2, 0.25) is 0 Å². The number of carbonyl (C=O) groups excluding carboxylic acids is 1. The number of ketones is 1. The van der Waals surface area contributed by atoms with Gasteiger partial charge in [0.05, 0.1) is 6.61 Å². The lowest BCUT2D eigenvalue weighted by Crippen LogP contribution is -2.10. The number of benzene rings is 1. The summed E-state index contributed by atoms with van der Waals surface area (Å²) >= 11 is 1.72. The van der Waals surface area contributed by atoms with E-state index >= 15 is 0 Å². The van der Waals surface area contributed by atoms with Crippen LogP contribution < -0.4 is 0 Å². The molecule has 0 fully saturated rings. The van der Waals surface area contributed by atoms with E-state index < -0.39 is 0 Å². The van der Waals surface area contributed by atoms with Crippen molar-refractivity contribution in [3.8, 4) is 0 Å². The van der Waals surface area contributed by atoms with E-state index in [2.05, 4.69) is 25.3 Å². The van der Waals surface area contributed by atoms with Gasteiger partial charge in [-0.2, -0.15) is 0 Å². The molecule has 0 atom stereocenters. The van der Waals surface area contributed by atoms with E-state index in [4.69, 9.17) is 4.74 Å². The summed E-state index contributed by atoms with van der Waals surface area (Å²) in [6.45, 7) is 5.04. The van der Waals surface area contributed by atoms with Crippen LogP contribution in [0.1, 0.15) is 40.6 Å². The quantitative estimate of drug-likeness (QED) is 0.560. The van der Waals surface area contributed by atoms with Crippen LogP contribution in [0.15, 0.2) is 41.8 Å². The predicted octanol–water partition coefficient (Wildman–Crippen LogP) is 4.31. The summed E-state index contributed by atoms with van der Waals surface area (Å²) in [5.41, 5.74) is 1.98. The van der Waals surface area contributed by atoms with Gasteiger partial charge in [0, 0.05) is 16.9 Å². The summed E-state index contributed by atoms with van der Waals surface area (Å²) in [6.07, 6.45) is 0.872. The number of ether oxygens (including phenoxy) is 1. The Kier molecular flexibility index (Phi) is 5.50. The minimum absolute atomic E-state index is 0.0477. The summed E-state index contributed by atoms with van der Waals surface area (Å²) in [5, 5.41) is 2.05. The van der Waals surface area contributed by atoms with Crippen molar-refractivity contribution >= 4 is 17.1 Å². The van der Waals surface area contributed by atoms with Crippen molar-refractivity contribution in [2.24, 2.45) is 0 Å². The fraction of sp³-hybridized carbons (Fsp3) is 0.353. The van der Waals surface area contributed by atoms with Crippen molar-refractivity contribution in [3.63, 3.8) is 0 Å². The highest BCUT2D eigenvalue weighted by atomic mass is 32.1. The van der Waals surface area contributed by atoms with E-state index in [0.717, 1.165) is 12.0 Å². The molecule has 0 radical (unpaired) electrons. The Labute approximate surface area is 124 Å². The molecule has 1 aromatic heterocycles. The Morgan fingerprint density at radius 3 is 2.55 bits per heavy atom. The number of hydrogen-bond acceptors (Lipinski definition) is 3. The first-order chi connectivity index (χ1) is 9.66. The highest BCUT2D eigenvalue weighted by Gasteiger charge is 2.07. The van der Waals surface area contributed by atoms with Crippen LogP contribution in [0.4, 0.5) is 0 Å². The number of rotatable bonds is 7. The van der Waals surface area contributed by atoms with Gasteiger partial charge in [0.1, 0.15) is 6.61 Å². The largest absolute Gasteiger partial charge is 0.373 e. The second kappa shape index (κ2) is 7.36. The van der Waals surface area contributed by atoms with Gasteiger partial charge in [-0.15, -0.1) is 11.3 Å². The fourth-order valence-electron chi connectivity index (χ4n) is 1.93. The van der Waals surface area contributed by atoms with Gasteiger partial charge < -0.3 is 4.74 Å². The monoisotopic (exact) mass is 288 g/mol. The first-order valence-corrected chi connectivity index (χ1v) is 7.78. The van der Waals surface area contributed by atoms with Crippen LogP contribution in [-0.4, -0.2) is 19.0 Å². The molecular weight excluding hydrogens is 268 g/mol. The standard InChI is InChI=1S/C17H20O2S/c1-13(2)14-5-7-15(8-6-14)17(18)12-19-10-9-16-4-3-11-20-16/h3-8,11,13H,9-10,12H2,1-2H3. The summed E-state index contributed by atoms with van der Waals surface area (Å²) < 4.78 is 5.46. The van der Waals surface area contributed by atoms with E-state index in [1.165, 1.54) is 10.4 Å². The summed E-state index contributed by atoms with van der Waals surface area (Å²) in [7, 11) is 0. The van der Waals surface area contributed by atoms with Gasteiger partial charge in [-0.1, -0.05) is 44.2 Å². The zero-order chi connectivity index (χ0) is 14.4. The first kappa shape index (κ1) is 14.9. The molecule has 106 valence electrons. The molecular formula is C17H20O2S. The number of carbonyl (C=O) groups is 1. The molecule has 0 aliphatic rings. The maximum absolute atomic E-state index is 12.0. The Morgan fingerprint density at radius 1 is 1.20 bits per heavy atom. The molecule has 0 amide bonds. The second-order valence-electron chi connectivity index (χ2n) is 5.08. The molecule has 0 spiro atoms. The van der Waals surface area contributed by atoms with Crippen LogP contribution in [0.25, 0.3) is 0 Å². The number of hydrogen-bond donors (Lipinski definition) is 0. The highest BCUT2D eigenvalue weighted by molar-refractivity contribution is 7.09. The average Bonchev–Trinajstić information content (AvgIpc) is 2.96. The normalized spacial score (nSPS) is 10.9. The first-order valence-electron chi connectivity index (χ1n) is 6.90. The van der Waals surface area contributed by atoms with E-state index in [1.54, 1.807) is 11.3 Å². The molecule has 0 saturated carbocycles. The van der Waals surface area contributed by atoms with Gasteiger partial charge in [-0.25, -0.2) is 0 Å². The zero-order valence-electron chi connectivity index (χ0n) is 12.0. The van der Waals surface area contributed by atoms with Crippen molar-refractivity contribution in [1.29, 1.82) is 0 Å². The zero-order valence-corrected chi connectivity index (χ0v) is 12.8. The molecule has 1 aromatic carbocycles. The van der Waals surface area contributed by atoms with E-state index in [1.807, 2.05) is 30.3 Å². The molecule has 1 heterocycles. The molecule has 0 bridgehead atoms. The van der Waals surface area contributed by atoms with Crippen molar-refractivity contribution in [3.05, 3.63) is 57.8 Å². The van der Waals surface area contributed by atoms with E-state index in [0.29, 0.717) is 12.5 Å². The third-order valence-electron chi connectivity index (χ3n) is 3.21. The Balaban J connectivity index is 1.76. The topological polar surface area (TPSA) is 26.3 Å². The van der Waals surface area contributed by atoms with Crippen molar-refractivity contribution in [2.75, 3.05) is 13.2 Å². The van der Waals surface area contributed by atoms with E-state index in [-0.39, 0.29) is 12.4 Å². The Hall–Kier alpha value is -1.45. The number of thiophene rings is 1. The van der Waals surface area contributed by atoms with Crippen LogP contribution in [0.5, 0.6) is 0 Å².